The standard InChI is InChI=1S/C20H20F4N4O3S/c1-11-6-12(18-13(21)4-3-5-14(18)22)19(25-8-11)15-7-17(26-31-15)28-9-16(20(23,24)10-28)27-32(2,29)30/h3-6,8,15-16,27H,7,9-10H2,1-2H3/t15?,16-/m1/s1. The highest BCUT2D eigenvalue weighted by molar-refractivity contribution is 7.88. The molecule has 2 aliphatic heterocycles. The summed E-state index contributed by atoms with van der Waals surface area (Å²) in [6.07, 6.45) is 1.50. The molecule has 12 heteroatoms. The Morgan fingerprint density at radius 1 is 1.25 bits per heavy atom. The number of nitrogens with zero attached hydrogens (tertiary/aromatic N) is 3. The van der Waals surface area contributed by atoms with E-state index in [1.54, 1.807) is 13.0 Å². The molecule has 2 aromatic rings. The van der Waals surface area contributed by atoms with Gasteiger partial charge in [0.05, 0.1) is 30.5 Å². The van der Waals surface area contributed by atoms with E-state index < -0.39 is 46.3 Å². The summed E-state index contributed by atoms with van der Waals surface area (Å²) < 4.78 is 82.3. The van der Waals surface area contributed by atoms with Gasteiger partial charge in [-0.15, -0.1) is 0 Å². The van der Waals surface area contributed by atoms with E-state index in [2.05, 4.69) is 10.1 Å². The molecule has 1 fully saturated rings. The summed E-state index contributed by atoms with van der Waals surface area (Å²) in [6.45, 7) is 0.675. The van der Waals surface area contributed by atoms with Crippen LogP contribution in [0.15, 0.2) is 35.6 Å². The fraction of sp³-hybridized carbons (Fsp3) is 0.400. The summed E-state index contributed by atoms with van der Waals surface area (Å²) in [5, 5.41) is 3.88. The van der Waals surface area contributed by atoms with Crippen LogP contribution in [0.2, 0.25) is 0 Å². The molecule has 3 heterocycles. The molecule has 4 rings (SSSR count). The molecular formula is C20H20F4N4O3S. The van der Waals surface area contributed by atoms with E-state index in [1.807, 2.05) is 4.72 Å². The molecule has 0 aliphatic carbocycles. The predicted molar refractivity (Wildman–Crippen MR) is 108 cm³/mol. The van der Waals surface area contributed by atoms with Gasteiger partial charge in [0.15, 0.2) is 6.10 Å². The number of hydrogen-bond donors (Lipinski definition) is 1. The number of sulfonamides is 1. The minimum absolute atomic E-state index is 0.0286. The van der Waals surface area contributed by atoms with Crippen molar-refractivity contribution < 1.29 is 30.8 Å². The molecule has 1 aromatic carbocycles. The van der Waals surface area contributed by atoms with Gasteiger partial charge in [-0.05, 0) is 30.7 Å². The maximum Gasteiger partial charge on any atom is 0.282 e. The third kappa shape index (κ3) is 4.42. The molecular weight excluding hydrogens is 452 g/mol. The molecule has 32 heavy (non-hydrogen) atoms. The largest absolute Gasteiger partial charge is 0.384 e. The van der Waals surface area contributed by atoms with Crippen LogP contribution in [0, 0.1) is 18.6 Å². The number of aromatic nitrogens is 1. The lowest BCUT2D eigenvalue weighted by Crippen LogP contribution is -2.46. The van der Waals surface area contributed by atoms with Crippen LogP contribution in [0.3, 0.4) is 0 Å². The molecule has 0 amide bonds. The lowest BCUT2D eigenvalue weighted by Gasteiger charge is -2.17. The monoisotopic (exact) mass is 472 g/mol. The zero-order valence-corrected chi connectivity index (χ0v) is 18.0. The third-order valence-corrected chi connectivity index (χ3v) is 5.99. The molecule has 7 nitrogen and oxygen atoms in total. The van der Waals surface area contributed by atoms with E-state index in [1.165, 1.54) is 17.2 Å². The van der Waals surface area contributed by atoms with Gasteiger partial charge in [0.1, 0.15) is 23.5 Å². The van der Waals surface area contributed by atoms with E-state index in [0.717, 1.165) is 18.4 Å². The van der Waals surface area contributed by atoms with E-state index in [9.17, 15) is 26.0 Å². The summed E-state index contributed by atoms with van der Waals surface area (Å²) >= 11 is 0. The molecule has 0 saturated carbocycles. The molecule has 1 aromatic heterocycles. The Morgan fingerprint density at radius 3 is 2.59 bits per heavy atom. The van der Waals surface area contributed by atoms with Gasteiger partial charge < -0.3 is 9.74 Å². The molecule has 2 atom stereocenters. The number of rotatable bonds is 4. The van der Waals surface area contributed by atoms with Crippen molar-refractivity contribution in [2.75, 3.05) is 19.3 Å². The molecule has 172 valence electrons. The molecule has 0 bridgehead atoms. The van der Waals surface area contributed by atoms with Crippen molar-refractivity contribution in [1.29, 1.82) is 0 Å². The second-order valence-corrected chi connectivity index (χ2v) is 9.71. The van der Waals surface area contributed by atoms with Crippen LogP contribution in [0.5, 0.6) is 0 Å². The van der Waals surface area contributed by atoms with Crippen LogP contribution in [0.4, 0.5) is 17.6 Å². The molecule has 1 N–H and O–H groups in total. The Hall–Kier alpha value is -2.73. The summed E-state index contributed by atoms with van der Waals surface area (Å²) in [4.78, 5) is 10.9. The van der Waals surface area contributed by atoms with Crippen LogP contribution in [0.1, 0.15) is 23.8 Å². The first kappa shape index (κ1) is 22.5. The van der Waals surface area contributed by atoms with Crippen LogP contribution >= 0.6 is 0 Å². The molecule has 0 radical (unpaired) electrons. The van der Waals surface area contributed by atoms with Gasteiger partial charge in [-0.1, -0.05) is 11.2 Å². The molecule has 1 unspecified atom stereocenters. The number of halogens is 4. The van der Waals surface area contributed by atoms with Crippen molar-refractivity contribution >= 4 is 15.9 Å². The fourth-order valence-electron chi connectivity index (χ4n) is 3.85. The van der Waals surface area contributed by atoms with Crippen molar-refractivity contribution in [3.8, 4) is 11.1 Å². The van der Waals surface area contributed by atoms with Crippen molar-refractivity contribution in [1.82, 2.24) is 14.6 Å². The van der Waals surface area contributed by atoms with E-state index in [0.29, 0.717) is 5.56 Å². The molecule has 2 aliphatic rings. The average molecular weight is 472 g/mol. The lowest BCUT2D eigenvalue weighted by molar-refractivity contribution is -0.00123. The van der Waals surface area contributed by atoms with Crippen molar-refractivity contribution in [2.24, 2.45) is 5.16 Å². The van der Waals surface area contributed by atoms with E-state index >= 15 is 0 Å². The Balaban J connectivity index is 1.58. The highest BCUT2D eigenvalue weighted by atomic mass is 32.2. The van der Waals surface area contributed by atoms with Crippen LogP contribution in [-0.4, -0.2) is 55.4 Å². The summed E-state index contributed by atoms with van der Waals surface area (Å²) in [5.74, 6) is -4.68. The van der Waals surface area contributed by atoms with Gasteiger partial charge in [0.2, 0.25) is 10.0 Å². The van der Waals surface area contributed by atoms with Crippen molar-refractivity contribution in [2.45, 2.75) is 31.4 Å². The Kier molecular flexibility index (Phi) is 5.61. The summed E-state index contributed by atoms with van der Waals surface area (Å²) in [6, 6.07) is 3.46. The number of nitrogens with one attached hydrogen (secondary N) is 1. The quantitative estimate of drug-likeness (QED) is 0.692. The maximum atomic E-state index is 14.4. The first-order chi connectivity index (χ1) is 14.9. The number of benzene rings is 1. The molecule has 0 spiro atoms. The Morgan fingerprint density at radius 2 is 1.94 bits per heavy atom. The fourth-order valence-corrected chi connectivity index (χ4v) is 4.62. The Labute approximate surface area is 182 Å². The smallest absolute Gasteiger partial charge is 0.282 e. The number of oxime groups is 1. The van der Waals surface area contributed by atoms with Gasteiger partial charge in [0, 0.05) is 18.3 Å². The number of hydrogen-bond acceptors (Lipinski definition) is 6. The lowest BCUT2D eigenvalue weighted by atomic mass is 9.97. The number of likely N-dealkylation sites (tertiary alicyclic amines) is 1. The topological polar surface area (TPSA) is 83.9 Å². The van der Waals surface area contributed by atoms with Crippen LogP contribution < -0.4 is 4.72 Å². The second-order valence-electron chi connectivity index (χ2n) is 7.93. The number of alkyl halides is 2. The van der Waals surface area contributed by atoms with Crippen LogP contribution in [-0.2, 0) is 14.9 Å². The Bertz CT molecular complexity index is 1170. The predicted octanol–water partition coefficient (Wildman–Crippen LogP) is 2.98. The molecule has 1 saturated heterocycles. The first-order valence-electron chi connectivity index (χ1n) is 9.68. The number of amidine groups is 1. The average Bonchev–Trinajstić information content (AvgIpc) is 3.25. The van der Waals surface area contributed by atoms with Gasteiger partial charge in [0.25, 0.3) is 5.92 Å². The van der Waals surface area contributed by atoms with Gasteiger partial charge in [-0.2, -0.15) is 0 Å². The van der Waals surface area contributed by atoms with Gasteiger partial charge >= 0.3 is 0 Å². The minimum atomic E-state index is -3.84. The van der Waals surface area contributed by atoms with Crippen LogP contribution in [0.25, 0.3) is 11.1 Å². The minimum Gasteiger partial charge on any atom is -0.384 e. The van der Waals surface area contributed by atoms with Gasteiger partial charge in [-0.25, -0.2) is 30.7 Å². The first-order valence-corrected chi connectivity index (χ1v) is 11.6. The third-order valence-electron chi connectivity index (χ3n) is 5.28. The normalized spacial score (nSPS) is 22.7. The number of pyridine rings is 1. The van der Waals surface area contributed by atoms with E-state index in [4.69, 9.17) is 4.84 Å². The highest BCUT2D eigenvalue weighted by Crippen LogP contribution is 2.38. The zero-order chi connectivity index (χ0) is 23.3. The number of aryl methyl sites for hydroxylation is 1. The van der Waals surface area contributed by atoms with E-state index in [-0.39, 0.29) is 35.6 Å². The highest BCUT2D eigenvalue weighted by Gasteiger charge is 2.51. The van der Waals surface area contributed by atoms with Crippen molar-refractivity contribution in [3.63, 3.8) is 0 Å². The van der Waals surface area contributed by atoms with Crippen molar-refractivity contribution in [3.05, 3.63) is 53.4 Å². The zero-order valence-electron chi connectivity index (χ0n) is 17.1. The summed E-state index contributed by atoms with van der Waals surface area (Å²) in [7, 11) is -3.84. The second kappa shape index (κ2) is 8.00. The summed E-state index contributed by atoms with van der Waals surface area (Å²) in [5.41, 5.74) is 0.806. The van der Waals surface area contributed by atoms with Gasteiger partial charge in [-0.3, -0.25) is 4.98 Å². The maximum absolute atomic E-state index is 14.4. The SMILES string of the molecule is Cc1cnc(C2CC(N3C[C@@H](NS(C)(=O)=O)C(F)(F)C3)=NO2)c(-c2c(F)cccc2F)c1.